The molecule has 0 saturated heterocycles. The number of aromatic nitrogens is 2. The van der Waals surface area contributed by atoms with Crippen LogP contribution in [0, 0.1) is 6.92 Å². The van der Waals surface area contributed by atoms with E-state index in [0.29, 0.717) is 10.7 Å². The molecule has 2 N–H and O–H groups in total. The van der Waals surface area contributed by atoms with Crippen LogP contribution in [0.25, 0.3) is 5.69 Å². The van der Waals surface area contributed by atoms with Crippen molar-refractivity contribution in [2.75, 3.05) is 5.73 Å². The molecule has 0 amide bonds. The number of aryl methyl sites for hydroxylation is 1. The molecule has 5 heteroatoms. The van der Waals surface area contributed by atoms with Gasteiger partial charge in [-0.15, -0.1) is 0 Å². The molecule has 1 heterocycles. The molecule has 4 nitrogen and oxygen atoms in total. The van der Waals surface area contributed by atoms with Gasteiger partial charge in [0.25, 0.3) is 5.56 Å². The molecule has 0 fully saturated rings. The van der Waals surface area contributed by atoms with Crippen LogP contribution >= 0.6 is 11.6 Å². The third-order valence-electron chi connectivity index (χ3n) is 3.15. The van der Waals surface area contributed by atoms with Crippen molar-refractivity contribution in [3.8, 4) is 5.69 Å². The summed E-state index contributed by atoms with van der Waals surface area (Å²) in [5.41, 5.74) is 8.57. The van der Waals surface area contributed by atoms with Crippen LogP contribution in [0.5, 0.6) is 0 Å². The second-order valence-corrected chi connectivity index (χ2v) is 4.72. The van der Waals surface area contributed by atoms with Crippen LogP contribution in [-0.4, -0.2) is 9.36 Å². The first-order chi connectivity index (χ1) is 8.47. The summed E-state index contributed by atoms with van der Waals surface area (Å²) < 4.78 is 3.38. The van der Waals surface area contributed by atoms with Gasteiger partial charge in [-0.1, -0.05) is 18.5 Å². The second-order valence-electron chi connectivity index (χ2n) is 4.29. The zero-order chi connectivity index (χ0) is 13.4. The summed E-state index contributed by atoms with van der Waals surface area (Å²) >= 11 is 5.93. The predicted molar refractivity (Wildman–Crippen MR) is 74.5 cm³/mol. The minimum Gasteiger partial charge on any atom is -0.393 e. The average Bonchev–Trinajstić information content (AvgIpc) is 2.52. The van der Waals surface area contributed by atoms with Gasteiger partial charge in [0.1, 0.15) is 5.69 Å². The van der Waals surface area contributed by atoms with E-state index in [1.807, 2.05) is 33.0 Å². The number of hydrogen-bond donors (Lipinski definition) is 1. The third kappa shape index (κ3) is 1.82. The summed E-state index contributed by atoms with van der Waals surface area (Å²) in [5.74, 6) is 0. The molecular formula is C13H16ClN3O. The fourth-order valence-corrected chi connectivity index (χ4v) is 2.44. The van der Waals surface area contributed by atoms with E-state index in [-0.39, 0.29) is 5.56 Å². The number of nitrogens with two attached hydrogens (primary N) is 1. The zero-order valence-electron chi connectivity index (χ0n) is 10.7. The minimum atomic E-state index is -0.181. The fraction of sp³-hybridized carbons (Fsp3) is 0.308. The highest BCUT2D eigenvalue weighted by molar-refractivity contribution is 6.30. The molecule has 0 atom stereocenters. The highest BCUT2D eigenvalue weighted by Crippen LogP contribution is 2.19. The number of halogens is 1. The Morgan fingerprint density at radius 3 is 2.56 bits per heavy atom. The standard InChI is InChI=1S/C13H16ClN3O/c1-4-10-12(15)13(18)17(16(10)3)11-6-5-9(14)7-8(11)2/h5-7H,4,15H2,1-3H3. The van der Waals surface area contributed by atoms with Gasteiger partial charge in [0, 0.05) is 12.1 Å². The smallest absolute Gasteiger partial charge is 0.294 e. The molecule has 0 unspecified atom stereocenters. The van der Waals surface area contributed by atoms with Gasteiger partial charge in [-0.3, -0.25) is 9.48 Å². The Morgan fingerprint density at radius 2 is 2.06 bits per heavy atom. The molecule has 1 aromatic carbocycles. The molecule has 0 saturated carbocycles. The number of hydrogen-bond acceptors (Lipinski definition) is 2. The maximum atomic E-state index is 12.2. The van der Waals surface area contributed by atoms with Crippen LogP contribution in [0.3, 0.4) is 0 Å². The lowest BCUT2D eigenvalue weighted by Crippen LogP contribution is -2.21. The summed E-state index contributed by atoms with van der Waals surface area (Å²) in [5, 5.41) is 0.655. The first-order valence-electron chi connectivity index (χ1n) is 5.80. The Kier molecular flexibility index (Phi) is 3.22. The summed E-state index contributed by atoms with van der Waals surface area (Å²) in [6.07, 6.45) is 0.719. The van der Waals surface area contributed by atoms with Gasteiger partial charge >= 0.3 is 0 Å². The van der Waals surface area contributed by atoms with E-state index in [4.69, 9.17) is 17.3 Å². The van der Waals surface area contributed by atoms with Gasteiger partial charge in [0.15, 0.2) is 0 Å². The largest absolute Gasteiger partial charge is 0.393 e. The van der Waals surface area contributed by atoms with E-state index < -0.39 is 0 Å². The molecular weight excluding hydrogens is 250 g/mol. The quantitative estimate of drug-likeness (QED) is 0.906. The topological polar surface area (TPSA) is 53.0 Å². The van der Waals surface area contributed by atoms with Crippen LogP contribution in [0.15, 0.2) is 23.0 Å². The van der Waals surface area contributed by atoms with Crippen LogP contribution in [0.1, 0.15) is 18.2 Å². The summed E-state index contributed by atoms with van der Waals surface area (Å²) in [7, 11) is 1.84. The second kappa shape index (κ2) is 4.53. The van der Waals surface area contributed by atoms with E-state index in [0.717, 1.165) is 23.4 Å². The van der Waals surface area contributed by atoms with Gasteiger partial charge in [-0.2, -0.15) is 0 Å². The van der Waals surface area contributed by atoms with Crippen molar-refractivity contribution in [1.29, 1.82) is 0 Å². The Bertz CT molecular complexity index is 655. The summed E-state index contributed by atoms with van der Waals surface area (Å²) in [6, 6.07) is 5.43. The van der Waals surface area contributed by atoms with Crippen molar-refractivity contribution in [3.05, 3.63) is 44.8 Å². The molecule has 2 aromatic rings. The van der Waals surface area contributed by atoms with Gasteiger partial charge < -0.3 is 5.73 Å². The molecule has 0 radical (unpaired) electrons. The molecule has 1 aromatic heterocycles. The number of rotatable bonds is 2. The Labute approximate surface area is 111 Å². The lowest BCUT2D eigenvalue weighted by atomic mass is 10.2. The average molecular weight is 266 g/mol. The zero-order valence-corrected chi connectivity index (χ0v) is 11.5. The highest BCUT2D eigenvalue weighted by Gasteiger charge is 2.16. The van der Waals surface area contributed by atoms with Crippen molar-refractivity contribution in [1.82, 2.24) is 9.36 Å². The first kappa shape index (κ1) is 12.8. The van der Waals surface area contributed by atoms with Crippen LogP contribution in [0.4, 0.5) is 5.69 Å². The van der Waals surface area contributed by atoms with Gasteiger partial charge in [-0.25, -0.2) is 4.68 Å². The normalized spacial score (nSPS) is 10.9. The first-order valence-corrected chi connectivity index (χ1v) is 6.18. The molecule has 0 aliphatic heterocycles. The van der Waals surface area contributed by atoms with E-state index in [2.05, 4.69) is 0 Å². The third-order valence-corrected chi connectivity index (χ3v) is 3.38. The number of nitrogens with zero attached hydrogens (tertiary/aromatic N) is 2. The van der Waals surface area contributed by atoms with Crippen LogP contribution in [0.2, 0.25) is 5.02 Å². The molecule has 0 bridgehead atoms. The maximum Gasteiger partial charge on any atom is 0.294 e. The van der Waals surface area contributed by atoms with Crippen molar-refractivity contribution < 1.29 is 0 Å². The predicted octanol–water partition coefficient (Wildman–Crippen LogP) is 2.28. The lowest BCUT2D eigenvalue weighted by Gasteiger charge is -2.11. The number of anilines is 1. The molecule has 2 rings (SSSR count). The van der Waals surface area contributed by atoms with Gasteiger partial charge in [-0.05, 0) is 37.1 Å². The molecule has 0 aliphatic rings. The summed E-state index contributed by atoms with van der Waals surface area (Å²) in [4.78, 5) is 12.2. The Morgan fingerprint density at radius 1 is 1.39 bits per heavy atom. The molecule has 0 spiro atoms. The Hall–Kier alpha value is -1.68. The molecule has 0 aliphatic carbocycles. The van der Waals surface area contributed by atoms with E-state index in [1.54, 1.807) is 15.4 Å². The monoisotopic (exact) mass is 265 g/mol. The van der Waals surface area contributed by atoms with E-state index in [1.165, 1.54) is 0 Å². The van der Waals surface area contributed by atoms with Crippen LogP contribution in [-0.2, 0) is 13.5 Å². The number of nitrogen functional groups attached to an aromatic ring is 1. The van der Waals surface area contributed by atoms with Gasteiger partial charge in [0.05, 0.1) is 11.4 Å². The van der Waals surface area contributed by atoms with Crippen molar-refractivity contribution >= 4 is 17.3 Å². The van der Waals surface area contributed by atoms with Crippen molar-refractivity contribution in [2.45, 2.75) is 20.3 Å². The number of benzene rings is 1. The summed E-state index contributed by atoms with van der Waals surface area (Å²) in [6.45, 7) is 3.90. The van der Waals surface area contributed by atoms with E-state index in [9.17, 15) is 4.79 Å². The van der Waals surface area contributed by atoms with E-state index >= 15 is 0 Å². The van der Waals surface area contributed by atoms with Crippen molar-refractivity contribution in [2.24, 2.45) is 7.05 Å². The van der Waals surface area contributed by atoms with Gasteiger partial charge in [0.2, 0.25) is 0 Å². The lowest BCUT2D eigenvalue weighted by molar-refractivity contribution is 0.616. The highest BCUT2D eigenvalue weighted by atomic mass is 35.5. The fourth-order valence-electron chi connectivity index (χ4n) is 2.22. The minimum absolute atomic E-state index is 0.181. The maximum absolute atomic E-state index is 12.2. The van der Waals surface area contributed by atoms with Crippen LogP contribution < -0.4 is 11.3 Å². The Balaban J connectivity index is 2.76. The molecule has 18 heavy (non-hydrogen) atoms. The SMILES string of the molecule is CCc1c(N)c(=O)n(-c2ccc(Cl)cc2C)n1C. The molecule has 96 valence electrons. The van der Waals surface area contributed by atoms with Crippen molar-refractivity contribution in [3.63, 3.8) is 0 Å².